The van der Waals surface area contributed by atoms with Crippen molar-refractivity contribution in [1.29, 1.82) is 0 Å². The lowest BCUT2D eigenvalue weighted by Crippen LogP contribution is -2.53. The molecule has 1 saturated carbocycles. The number of ether oxygens (including phenoxy) is 1. The molecule has 5 heteroatoms. The first-order valence-electron chi connectivity index (χ1n) is 7.02. The van der Waals surface area contributed by atoms with E-state index in [1.165, 1.54) is 25.7 Å². The van der Waals surface area contributed by atoms with E-state index in [0.717, 1.165) is 24.5 Å². The number of nitrogens with two attached hydrogens (primary N) is 1. The maximum absolute atomic E-state index is 6.09. The molecule has 3 rings (SSSR count). The van der Waals surface area contributed by atoms with Crippen LogP contribution in [0.3, 0.4) is 0 Å². The van der Waals surface area contributed by atoms with Crippen LogP contribution in [0.15, 0.2) is 12.3 Å². The summed E-state index contributed by atoms with van der Waals surface area (Å²) in [5, 5.41) is 0.653. The molecule has 1 aliphatic carbocycles. The number of halogens is 1. The van der Waals surface area contributed by atoms with Crippen molar-refractivity contribution in [2.75, 3.05) is 18.1 Å². The van der Waals surface area contributed by atoms with Crippen molar-refractivity contribution in [3.63, 3.8) is 0 Å². The van der Waals surface area contributed by atoms with Gasteiger partial charge in [-0.1, -0.05) is 24.4 Å². The molecule has 2 aliphatic rings. The Hall–Kier alpha value is -0.840. The molecular weight excluding hydrogens is 262 g/mol. The minimum absolute atomic E-state index is 0.362. The number of anilines is 1. The SMILES string of the molecule is NCc1cc(N2CCOC3CCCCC32)ncc1Cl. The molecule has 0 amide bonds. The van der Waals surface area contributed by atoms with E-state index in [2.05, 4.69) is 9.88 Å². The first kappa shape index (κ1) is 13.2. The second-order valence-electron chi connectivity index (χ2n) is 5.29. The summed E-state index contributed by atoms with van der Waals surface area (Å²) in [4.78, 5) is 6.86. The van der Waals surface area contributed by atoms with Crippen LogP contribution in [0.5, 0.6) is 0 Å². The number of pyridine rings is 1. The van der Waals surface area contributed by atoms with Gasteiger partial charge in [0.1, 0.15) is 5.82 Å². The first-order chi connectivity index (χ1) is 9.29. The summed E-state index contributed by atoms with van der Waals surface area (Å²) >= 11 is 6.09. The van der Waals surface area contributed by atoms with Crippen LogP contribution >= 0.6 is 11.6 Å². The van der Waals surface area contributed by atoms with E-state index >= 15 is 0 Å². The Morgan fingerprint density at radius 1 is 1.42 bits per heavy atom. The lowest BCUT2D eigenvalue weighted by atomic mass is 9.90. The third-order valence-electron chi connectivity index (χ3n) is 4.17. The van der Waals surface area contributed by atoms with Gasteiger partial charge < -0.3 is 15.4 Å². The summed E-state index contributed by atoms with van der Waals surface area (Å²) in [6.45, 7) is 2.13. The molecule has 2 heterocycles. The number of aromatic nitrogens is 1. The van der Waals surface area contributed by atoms with E-state index in [0.29, 0.717) is 23.7 Å². The van der Waals surface area contributed by atoms with Gasteiger partial charge in [0.15, 0.2) is 0 Å². The second kappa shape index (κ2) is 5.65. The third-order valence-corrected chi connectivity index (χ3v) is 4.51. The molecule has 1 saturated heterocycles. The van der Waals surface area contributed by atoms with Crippen molar-refractivity contribution in [3.8, 4) is 0 Å². The van der Waals surface area contributed by atoms with Gasteiger partial charge in [-0.15, -0.1) is 0 Å². The van der Waals surface area contributed by atoms with Gasteiger partial charge in [0.25, 0.3) is 0 Å². The van der Waals surface area contributed by atoms with E-state index in [1.807, 2.05) is 6.07 Å². The van der Waals surface area contributed by atoms with E-state index in [-0.39, 0.29) is 0 Å². The van der Waals surface area contributed by atoms with Crippen LogP contribution in [0.4, 0.5) is 5.82 Å². The van der Waals surface area contributed by atoms with Crippen molar-refractivity contribution >= 4 is 17.4 Å². The number of hydrogen-bond acceptors (Lipinski definition) is 4. The molecule has 0 radical (unpaired) electrons. The second-order valence-corrected chi connectivity index (χ2v) is 5.70. The minimum atomic E-state index is 0.362. The molecule has 2 atom stereocenters. The van der Waals surface area contributed by atoms with Crippen molar-refractivity contribution in [2.45, 2.75) is 44.4 Å². The molecule has 19 heavy (non-hydrogen) atoms. The zero-order valence-electron chi connectivity index (χ0n) is 11.0. The lowest BCUT2D eigenvalue weighted by Gasteiger charge is -2.44. The maximum atomic E-state index is 6.09. The van der Waals surface area contributed by atoms with Crippen LogP contribution in [0, 0.1) is 0 Å². The normalized spacial score (nSPS) is 27.2. The highest BCUT2D eigenvalue weighted by Gasteiger charge is 2.34. The Morgan fingerprint density at radius 3 is 3.11 bits per heavy atom. The largest absolute Gasteiger partial charge is 0.374 e. The number of morpholine rings is 1. The smallest absolute Gasteiger partial charge is 0.129 e. The highest BCUT2D eigenvalue weighted by atomic mass is 35.5. The summed E-state index contributed by atoms with van der Waals surface area (Å²) in [5.41, 5.74) is 6.69. The van der Waals surface area contributed by atoms with Crippen LogP contribution in [-0.2, 0) is 11.3 Å². The van der Waals surface area contributed by atoms with Gasteiger partial charge in [-0.05, 0) is 24.5 Å². The van der Waals surface area contributed by atoms with Crippen molar-refractivity contribution < 1.29 is 4.74 Å². The van der Waals surface area contributed by atoms with Crippen LogP contribution in [0.2, 0.25) is 5.02 Å². The summed E-state index contributed by atoms with van der Waals surface area (Å²) in [6.07, 6.45) is 6.98. The number of hydrogen-bond donors (Lipinski definition) is 1. The van der Waals surface area contributed by atoms with Gasteiger partial charge in [-0.3, -0.25) is 0 Å². The number of fused-ring (bicyclic) bond motifs is 1. The standard InChI is InChI=1S/C14H20ClN3O/c15-11-9-17-14(7-10(11)8-16)18-5-6-19-13-4-2-1-3-12(13)18/h7,9,12-13H,1-6,8,16H2. The predicted octanol–water partition coefficient (Wildman–Crippen LogP) is 2.34. The zero-order valence-corrected chi connectivity index (χ0v) is 11.8. The van der Waals surface area contributed by atoms with Crippen LogP contribution in [0.25, 0.3) is 0 Å². The zero-order chi connectivity index (χ0) is 13.2. The summed E-state index contributed by atoms with van der Waals surface area (Å²) < 4.78 is 5.89. The quantitative estimate of drug-likeness (QED) is 0.904. The Bertz CT molecular complexity index is 452. The topological polar surface area (TPSA) is 51.4 Å². The lowest BCUT2D eigenvalue weighted by molar-refractivity contribution is -0.00899. The Balaban J connectivity index is 1.87. The summed E-state index contributed by atoms with van der Waals surface area (Å²) in [7, 11) is 0. The molecule has 2 N–H and O–H groups in total. The monoisotopic (exact) mass is 281 g/mol. The molecule has 1 aromatic rings. The molecular formula is C14H20ClN3O. The Morgan fingerprint density at radius 2 is 2.26 bits per heavy atom. The fourth-order valence-corrected chi connectivity index (χ4v) is 3.34. The highest BCUT2D eigenvalue weighted by Crippen LogP contribution is 2.32. The van der Waals surface area contributed by atoms with Gasteiger partial charge >= 0.3 is 0 Å². The average molecular weight is 282 g/mol. The van der Waals surface area contributed by atoms with Crippen molar-refractivity contribution in [1.82, 2.24) is 4.98 Å². The fourth-order valence-electron chi connectivity index (χ4n) is 3.16. The highest BCUT2D eigenvalue weighted by molar-refractivity contribution is 6.31. The molecule has 4 nitrogen and oxygen atoms in total. The van der Waals surface area contributed by atoms with Crippen molar-refractivity contribution in [3.05, 3.63) is 22.8 Å². The molecule has 0 bridgehead atoms. The Labute approximate surface area is 118 Å². The summed E-state index contributed by atoms with van der Waals surface area (Å²) in [5.74, 6) is 0.991. The van der Waals surface area contributed by atoms with Gasteiger partial charge in [0, 0.05) is 19.3 Å². The molecule has 0 aromatic carbocycles. The molecule has 104 valence electrons. The van der Waals surface area contributed by atoms with E-state index in [1.54, 1.807) is 6.20 Å². The van der Waals surface area contributed by atoms with Crippen LogP contribution in [0.1, 0.15) is 31.2 Å². The minimum Gasteiger partial charge on any atom is -0.374 e. The third kappa shape index (κ3) is 2.57. The Kier molecular flexibility index (Phi) is 3.91. The molecule has 0 spiro atoms. The van der Waals surface area contributed by atoms with E-state index < -0.39 is 0 Å². The van der Waals surface area contributed by atoms with E-state index in [4.69, 9.17) is 22.1 Å². The first-order valence-corrected chi connectivity index (χ1v) is 7.40. The summed E-state index contributed by atoms with van der Waals surface area (Å²) in [6, 6.07) is 2.49. The van der Waals surface area contributed by atoms with Crippen LogP contribution in [-0.4, -0.2) is 30.3 Å². The van der Waals surface area contributed by atoms with E-state index in [9.17, 15) is 0 Å². The molecule has 2 fully saturated rings. The maximum Gasteiger partial charge on any atom is 0.129 e. The average Bonchev–Trinajstić information content (AvgIpc) is 2.47. The predicted molar refractivity (Wildman–Crippen MR) is 76.5 cm³/mol. The van der Waals surface area contributed by atoms with Gasteiger partial charge in [-0.2, -0.15) is 0 Å². The number of nitrogens with zero attached hydrogens (tertiary/aromatic N) is 2. The van der Waals surface area contributed by atoms with Gasteiger partial charge in [0.05, 0.1) is 23.8 Å². The fraction of sp³-hybridized carbons (Fsp3) is 0.643. The van der Waals surface area contributed by atoms with Gasteiger partial charge in [0.2, 0.25) is 0 Å². The molecule has 2 unspecified atom stereocenters. The van der Waals surface area contributed by atoms with Crippen LogP contribution < -0.4 is 10.6 Å². The van der Waals surface area contributed by atoms with Crippen molar-refractivity contribution in [2.24, 2.45) is 5.73 Å². The number of rotatable bonds is 2. The van der Waals surface area contributed by atoms with Gasteiger partial charge in [-0.25, -0.2) is 4.98 Å². The molecule has 1 aromatic heterocycles. The molecule has 1 aliphatic heterocycles.